The molecule has 8 atom stereocenters. The number of benzene rings is 2. The van der Waals surface area contributed by atoms with Crippen LogP contribution in [-0.2, 0) is 19.1 Å². The molecule has 5 N–H and O–H groups in total. The van der Waals surface area contributed by atoms with Gasteiger partial charge >= 0.3 is 12.2 Å². The van der Waals surface area contributed by atoms with E-state index in [2.05, 4.69) is 63.8 Å². The third kappa shape index (κ3) is 6.94. The van der Waals surface area contributed by atoms with E-state index in [-0.39, 0.29) is 47.8 Å². The molecule has 0 unspecified atom stereocenters. The Morgan fingerprint density at radius 2 is 1.16 bits per heavy atom. The van der Waals surface area contributed by atoms with Crippen molar-refractivity contribution in [3.05, 3.63) is 72.6 Å². The molecule has 8 rings (SSSR count). The number of aromatic amines is 2. The van der Waals surface area contributed by atoms with E-state index in [1.807, 2.05) is 43.7 Å². The lowest BCUT2D eigenvalue weighted by molar-refractivity contribution is -0.144. The van der Waals surface area contributed by atoms with Gasteiger partial charge in [-0.2, -0.15) is 0 Å². The third-order valence-corrected chi connectivity index (χ3v) is 11.7. The highest BCUT2D eigenvalue weighted by Crippen LogP contribution is 2.54. The smallest absolute Gasteiger partial charge is 0.407 e. The number of imidazole rings is 2. The molecule has 4 aliphatic rings. The zero-order valence-electron chi connectivity index (χ0n) is 31.7. The maximum absolute atomic E-state index is 13.8. The Morgan fingerprint density at radius 3 is 1.58 bits per heavy atom. The molecule has 4 heterocycles. The van der Waals surface area contributed by atoms with Gasteiger partial charge in [0.15, 0.2) is 6.10 Å². The Labute approximate surface area is 319 Å². The second-order valence-electron chi connectivity index (χ2n) is 16.1. The van der Waals surface area contributed by atoms with Crippen LogP contribution in [0, 0.1) is 23.7 Å². The number of nitrogens with one attached hydrogen (secondary N) is 3. The number of amides is 4. The van der Waals surface area contributed by atoms with E-state index in [0.717, 1.165) is 71.0 Å². The maximum Gasteiger partial charge on any atom is 0.407 e. The SMILES string of the molecule is COC(=O)N[C@@H](C(=O)N1[C@@H]2C[C@H]2C[C@H]1c1ncc(-c2ccc(-c3ccc(-c4cnc([C@@H]5C[C@H]6C[C@H]6N5C(=O)[C@H](OC(N)=O)C(C)C)[nH]4)cc3)cc2)[nH]1)C(C)C. The monoisotopic (exact) mass is 748 g/mol. The minimum Gasteiger partial charge on any atom is -0.453 e. The van der Waals surface area contributed by atoms with Crippen molar-refractivity contribution >= 4 is 24.0 Å². The molecule has 2 saturated carbocycles. The standard InChI is InChI=1S/C41H48N8O6/c1-20(2)34(47-41(53)54-5)38(50)48-30-14-26(30)16-32(48)36-43-18-28(45-36)24-10-6-22(7-11-24)23-8-12-25(13-9-23)29-19-44-37(46-29)33-17-27-15-31(27)49(33)39(51)35(21(3)4)55-40(42)52/h6-13,18-21,26-27,30-35H,14-17H2,1-5H3,(H2,42,52)(H,43,45)(H,44,46)(H,47,53)/t26-,27+,30+,31+,32-,33-,34+,35+/m0/s1. The van der Waals surface area contributed by atoms with E-state index in [1.54, 1.807) is 6.20 Å². The normalized spacial score (nSPS) is 24.6. The first kappa shape index (κ1) is 36.3. The molecule has 14 heteroatoms. The number of rotatable bonds is 11. The van der Waals surface area contributed by atoms with Crippen molar-refractivity contribution in [3.8, 4) is 33.6 Å². The quantitative estimate of drug-likeness (QED) is 0.145. The van der Waals surface area contributed by atoms with E-state index in [9.17, 15) is 19.2 Å². The number of ether oxygens (including phenoxy) is 2. The van der Waals surface area contributed by atoms with Crippen LogP contribution in [0.4, 0.5) is 9.59 Å². The second-order valence-corrected chi connectivity index (χ2v) is 16.1. The van der Waals surface area contributed by atoms with E-state index in [4.69, 9.17) is 25.2 Å². The first-order chi connectivity index (χ1) is 26.4. The van der Waals surface area contributed by atoms with Gasteiger partial charge in [0, 0.05) is 12.1 Å². The number of aromatic nitrogens is 4. The number of nitrogens with two attached hydrogens (primary N) is 1. The van der Waals surface area contributed by atoms with Crippen LogP contribution in [0.2, 0.25) is 0 Å². The summed E-state index contributed by atoms with van der Waals surface area (Å²) in [4.78, 5) is 71.0. The lowest BCUT2D eigenvalue weighted by Gasteiger charge is -2.31. The predicted molar refractivity (Wildman–Crippen MR) is 203 cm³/mol. The van der Waals surface area contributed by atoms with Crippen LogP contribution in [0.3, 0.4) is 0 Å². The first-order valence-electron chi connectivity index (χ1n) is 19.2. The molecule has 288 valence electrons. The predicted octanol–water partition coefficient (Wildman–Crippen LogP) is 5.96. The van der Waals surface area contributed by atoms with Gasteiger partial charge in [0.1, 0.15) is 17.7 Å². The molecule has 4 fully saturated rings. The van der Waals surface area contributed by atoms with Gasteiger partial charge in [0.2, 0.25) is 5.91 Å². The highest BCUT2D eigenvalue weighted by atomic mass is 16.6. The van der Waals surface area contributed by atoms with E-state index >= 15 is 0 Å². The molecule has 2 aromatic carbocycles. The van der Waals surface area contributed by atoms with E-state index < -0.39 is 24.3 Å². The zero-order valence-corrected chi connectivity index (χ0v) is 31.7. The molecule has 0 bridgehead atoms. The summed E-state index contributed by atoms with van der Waals surface area (Å²) in [6, 6.07) is 15.7. The van der Waals surface area contributed by atoms with Crippen molar-refractivity contribution in [1.29, 1.82) is 0 Å². The summed E-state index contributed by atoms with van der Waals surface area (Å²) in [6.45, 7) is 7.52. The fourth-order valence-corrected chi connectivity index (χ4v) is 8.63. The number of primary amides is 1. The first-order valence-corrected chi connectivity index (χ1v) is 19.2. The highest BCUT2D eigenvalue weighted by molar-refractivity contribution is 5.87. The van der Waals surface area contributed by atoms with Crippen LogP contribution in [0.25, 0.3) is 33.6 Å². The Bertz CT molecular complexity index is 2090. The average Bonchev–Trinajstić information content (AvgIpc) is 3.76. The van der Waals surface area contributed by atoms with Gasteiger partial charge in [-0.15, -0.1) is 0 Å². The summed E-state index contributed by atoms with van der Waals surface area (Å²) in [6.07, 6.45) is 4.70. The van der Waals surface area contributed by atoms with Crippen LogP contribution < -0.4 is 11.1 Å². The van der Waals surface area contributed by atoms with Gasteiger partial charge in [0.05, 0.1) is 43.0 Å². The summed E-state index contributed by atoms with van der Waals surface area (Å²) >= 11 is 0. The number of fused-ring (bicyclic) bond motifs is 2. The Kier molecular flexibility index (Phi) is 9.38. The van der Waals surface area contributed by atoms with Crippen LogP contribution >= 0.6 is 0 Å². The van der Waals surface area contributed by atoms with Crippen LogP contribution in [-0.4, -0.2) is 85.1 Å². The number of methoxy groups -OCH3 is 1. The lowest BCUT2D eigenvalue weighted by atomic mass is 10.0. The topological polar surface area (TPSA) is 189 Å². The van der Waals surface area contributed by atoms with Crippen molar-refractivity contribution < 1.29 is 28.7 Å². The molecule has 2 aliphatic carbocycles. The highest BCUT2D eigenvalue weighted by Gasteiger charge is 2.57. The molecule has 2 saturated heterocycles. The van der Waals surface area contributed by atoms with Gasteiger partial charge < -0.3 is 40.3 Å². The zero-order chi connectivity index (χ0) is 38.7. The minimum atomic E-state index is -0.951. The molecular weight excluding hydrogens is 701 g/mol. The Hall–Kier alpha value is -5.66. The van der Waals surface area contributed by atoms with Crippen molar-refractivity contribution in [3.63, 3.8) is 0 Å². The van der Waals surface area contributed by atoms with E-state index in [0.29, 0.717) is 11.8 Å². The molecule has 4 aromatic rings. The van der Waals surface area contributed by atoms with Gasteiger partial charge in [-0.25, -0.2) is 19.6 Å². The number of nitrogens with zero attached hydrogens (tertiary/aromatic N) is 4. The fraction of sp³-hybridized carbons (Fsp3) is 0.463. The number of alkyl carbamates (subject to hydrolysis) is 1. The van der Waals surface area contributed by atoms with Gasteiger partial charge in [-0.1, -0.05) is 76.2 Å². The van der Waals surface area contributed by atoms with Gasteiger partial charge in [-0.3, -0.25) is 9.59 Å². The van der Waals surface area contributed by atoms with Gasteiger partial charge in [0.25, 0.3) is 5.91 Å². The number of carbonyl (C=O) groups is 4. The number of H-pyrrole nitrogens is 2. The minimum absolute atomic E-state index is 0.0987. The molecular formula is C41H48N8O6. The molecule has 55 heavy (non-hydrogen) atoms. The van der Waals surface area contributed by atoms with Crippen LogP contribution in [0.15, 0.2) is 60.9 Å². The summed E-state index contributed by atoms with van der Waals surface area (Å²) in [5.74, 6) is 1.70. The summed E-state index contributed by atoms with van der Waals surface area (Å²) in [7, 11) is 1.30. The summed E-state index contributed by atoms with van der Waals surface area (Å²) in [5.41, 5.74) is 11.1. The molecule has 0 radical (unpaired) electrons. The van der Waals surface area contributed by atoms with Gasteiger partial charge in [-0.05, 0) is 71.6 Å². The van der Waals surface area contributed by atoms with Crippen molar-refractivity contribution in [1.82, 2.24) is 35.1 Å². The van der Waals surface area contributed by atoms with Crippen LogP contribution in [0.1, 0.15) is 77.1 Å². The summed E-state index contributed by atoms with van der Waals surface area (Å²) < 4.78 is 10.0. The lowest BCUT2D eigenvalue weighted by Crippen LogP contribution is -2.52. The Morgan fingerprint density at radius 1 is 0.709 bits per heavy atom. The number of piperidine rings is 2. The summed E-state index contributed by atoms with van der Waals surface area (Å²) in [5, 5.41) is 2.73. The average molecular weight is 749 g/mol. The molecule has 4 amide bonds. The second kappa shape index (κ2) is 14.2. The van der Waals surface area contributed by atoms with Crippen molar-refractivity contribution in [2.24, 2.45) is 29.4 Å². The number of hydrogen-bond acceptors (Lipinski definition) is 8. The molecule has 2 aromatic heterocycles. The number of hydrogen-bond donors (Lipinski definition) is 4. The van der Waals surface area contributed by atoms with Crippen molar-refractivity contribution in [2.75, 3.05) is 7.11 Å². The van der Waals surface area contributed by atoms with Crippen LogP contribution in [0.5, 0.6) is 0 Å². The van der Waals surface area contributed by atoms with E-state index in [1.165, 1.54) is 7.11 Å². The van der Waals surface area contributed by atoms with Crippen molar-refractivity contribution in [2.45, 2.75) is 89.7 Å². The maximum atomic E-state index is 13.8. The largest absolute Gasteiger partial charge is 0.453 e. The number of carbonyl (C=O) groups excluding carboxylic acids is 4. The molecule has 14 nitrogen and oxygen atoms in total. The fourth-order valence-electron chi connectivity index (χ4n) is 8.63. The molecule has 2 aliphatic heterocycles. The molecule has 0 spiro atoms. The Balaban J connectivity index is 0.933. The third-order valence-electron chi connectivity index (χ3n) is 11.7. The number of likely N-dealkylation sites (tertiary alicyclic amines) is 2.